The van der Waals surface area contributed by atoms with Gasteiger partial charge in [-0.15, -0.1) is 11.3 Å². The van der Waals surface area contributed by atoms with E-state index in [-0.39, 0.29) is 17.9 Å². The zero-order valence-electron chi connectivity index (χ0n) is 14.6. The first-order valence-corrected chi connectivity index (χ1v) is 9.51. The zero-order valence-corrected chi connectivity index (χ0v) is 15.5. The standard InChI is InChI=1S/C18H24N4O2S/c1-13-8-16(25-12-13)18(24)22-11-15(9-14(22)2)10-19-17(23)4-7-21-6-3-5-20-21/h3,5-6,8,12,14-15H,4,7,9-11H2,1-2H3,(H,19,23). The molecule has 2 unspecified atom stereocenters. The average molecular weight is 360 g/mol. The minimum Gasteiger partial charge on any atom is -0.356 e. The molecule has 0 aliphatic carbocycles. The molecule has 25 heavy (non-hydrogen) atoms. The molecule has 2 aromatic rings. The van der Waals surface area contributed by atoms with Crippen molar-refractivity contribution in [2.75, 3.05) is 13.1 Å². The maximum atomic E-state index is 12.6. The van der Waals surface area contributed by atoms with Crippen LogP contribution in [0.15, 0.2) is 29.9 Å². The van der Waals surface area contributed by atoms with E-state index in [1.54, 1.807) is 10.9 Å². The van der Waals surface area contributed by atoms with Crippen LogP contribution in [0.5, 0.6) is 0 Å². The molecular weight excluding hydrogens is 336 g/mol. The van der Waals surface area contributed by atoms with E-state index in [2.05, 4.69) is 17.3 Å². The number of nitrogens with one attached hydrogen (secondary N) is 1. The quantitative estimate of drug-likeness (QED) is 0.860. The fourth-order valence-electron chi connectivity index (χ4n) is 3.25. The Balaban J connectivity index is 1.45. The second-order valence-electron chi connectivity index (χ2n) is 6.72. The number of carbonyl (C=O) groups excluding carboxylic acids is 2. The van der Waals surface area contributed by atoms with Crippen molar-refractivity contribution in [1.29, 1.82) is 0 Å². The second-order valence-corrected chi connectivity index (χ2v) is 7.63. The van der Waals surface area contributed by atoms with Gasteiger partial charge in [0.2, 0.25) is 5.91 Å². The Bertz CT molecular complexity index is 725. The molecule has 1 saturated heterocycles. The lowest BCUT2D eigenvalue weighted by molar-refractivity contribution is -0.121. The SMILES string of the molecule is Cc1csc(C(=O)N2CC(CNC(=O)CCn3cccn3)CC2C)c1. The van der Waals surface area contributed by atoms with Gasteiger partial charge >= 0.3 is 0 Å². The summed E-state index contributed by atoms with van der Waals surface area (Å²) in [6, 6.07) is 4.00. The van der Waals surface area contributed by atoms with E-state index in [1.165, 1.54) is 11.3 Å². The van der Waals surface area contributed by atoms with E-state index < -0.39 is 0 Å². The molecule has 7 heteroatoms. The maximum absolute atomic E-state index is 12.6. The predicted octanol–water partition coefficient (Wildman–Crippen LogP) is 2.31. The number of rotatable bonds is 6. The fourth-order valence-corrected chi connectivity index (χ4v) is 4.11. The van der Waals surface area contributed by atoms with E-state index in [1.807, 2.05) is 35.5 Å². The first kappa shape index (κ1) is 17.7. The van der Waals surface area contributed by atoms with Crippen molar-refractivity contribution in [2.45, 2.75) is 39.3 Å². The smallest absolute Gasteiger partial charge is 0.264 e. The molecular formula is C18H24N4O2S. The van der Waals surface area contributed by atoms with Crippen LogP contribution in [0.25, 0.3) is 0 Å². The van der Waals surface area contributed by atoms with Gasteiger partial charge in [-0.2, -0.15) is 5.10 Å². The van der Waals surface area contributed by atoms with Crippen molar-refractivity contribution in [3.63, 3.8) is 0 Å². The third kappa shape index (κ3) is 4.48. The highest BCUT2D eigenvalue weighted by Gasteiger charge is 2.33. The molecule has 1 aliphatic rings. The minimum absolute atomic E-state index is 0.0295. The van der Waals surface area contributed by atoms with Gasteiger partial charge in [-0.05, 0) is 49.3 Å². The molecule has 3 heterocycles. The topological polar surface area (TPSA) is 67.2 Å². The number of aryl methyl sites for hydroxylation is 2. The van der Waals surface area contributed by atoms with Crippen LogP contribution < -0.4 is 5.32 Å². The molecule has 2 atom stereocenters. The van der Waals surface area contributed by atoms with E-state index >= 15 is 0 Å². The molecule has 1 fully saturated rings. The van der Waals surface area contributed by atoms with Gasteiger partial charge in [0.25, 0.3) is 5.91 Å². The van der Waals surface area contributed by atoms with E-state index in [0.29, 0.717) is 32.0 Å². The summed E-state index contributed by atoms with van der Waals surface area (Å²) in [6.07, 6.45) is 4.90. The van der Waals surface area contributed by atoms with E-state index in [0.717, 1.165) is 16.9 Å². The molecule has 6 nitrogen and oxygen atoms in total. The normalized spacial score (nSPS) is 20.0. The maximum Gasteiger partial charge on any atom is 0.264 e. The highest BCUT2D eigenvalue weighted by atomic mass is 32.1. The summed E-state index contributed by atoms with van der Waals surface area (Å²) >= 11 is 1.50. The summed E-state index contributed by atoms with van der Waals surface area (Å²) in [5.41, 5.74) is 1.13. The van der Waals surface area contributed by atoms with Gasteiger partial charge in [-0.1, -0.05) is 0 Å². The molecule has 0 bridgehead atoms. The summed E-state index contributed by atoms with van der Waals surface area (Å²) < 4.78 is 1.75. The second kappa shape index (κ2) is 7.82. The number of nitrogens with zero attached hydrogens (tertiary/aromatic N) is 3. The highest BCUT2D eigenvalue weighted by Crippen LogP contribution is 2.26. The van der Waals surface area contributed by atoms with Crippen LogP contribution in [0.2, 0.25) is 0 Å². The molecule has 1 N–H and O–H groups in total. The van der Waals surface area contributed by atoms with Gasteiger partial charge in [0, 0.05) is 44.5 Å². The number of hydrogen-bond donors (Lipinski definition) is 1. The van der Waals surface area contributed by atoms with Gasteiger partial charge in [0.05, 0.1) is 4.88 Å². The predicted molar refractivity (Wildman–Crippen MR) is 97.5 cm³/mol. The summed E-state index contributed by atoms with van der Waals surface area (Å²) in [4.78, 5) is 27.3. The van der Waals surface area contributed by atoms with Crippen LogP contribution in [-0.4, -0.2) is 45.6 Å². The lowest BCUT2D eigenvalue weighted by Crippen LogP contribution is -2.35. The van der Waals surface area contributed by atoms with Crippen molar-refractivity contribution in [1.82, 2.24) is 20.0 Å². The fraction of sp³-hybridized carbons (Fsp3) is 0.500. The molecule has 134 valence electrons. The molecule has 0 aromatic carbocycles. The Hall–Kier alpha value is -2.15. The van der Waals surface area contributed by atoms with E-state index in [9.17, 15) is 9.59 Å². The number of carbonyl (C=O) groups is 2. The van der Waals surface area contributed by atoms with Gasteiger partial charge in [0.15, 0.2) is 0 Å². The van der Waals surface area contributed by atoms with Crippen molar-refractivity contribution in [3.8, 4) is 0 Å². The lowest BCUT2D eigenvalue weighted by atomic mass is 10.1. The van der Waals surface area contributed by atoms with Crippen molar-refractivity contribution in [3.05, 3.63) is 40.3 Å². The molecule has 2 amide bonds. The third-order valence-electron chi connectivity index (χ3n) is 4.58. The Morgan fingerprint density at radius 1 is 1.44 bits per heavy atom. The van der Waals surface area contributed by atoms with Crippen LogP contribution in [0.3, 0.4) is 0 Å². The summed E-state index contributed by atoms with van der Waals surface area (Å²) in [6.45, 7) is 5.99. The number of aromatic nitrogens is 2. The molecule has 0 radical (unpaired) electrons. The van der Waals surface area contributed by atoms with Gasteiger partial charge < -0.3 is 10.2 Å². The van der Waals surface area contributed by atoms with Crippen LogP contribution in [0, 0.1) is 12.8 Å². The Morgan fingerprint density at radius 2 is 2.28 bits per heavy atom. The minimum atomic E-state index is 0.0295. The van der Waals surface area contributed by atoms with Gasteiger partial charge in [-0.3, -0.25) is 14.3 Å². The molecule has 2 aromatic heterocycles. The summed E-state index contributed by atoms with van der Waals surface area (Å²) in [5.74, 6) is 0.452. The molecule has 0 spiro atoms. The van der Waals surface area contributed by atoms with Crippen LogP contribution >= 0.6 is 11.3 Å². The largest absolute Gasteiger partial charge is 0.356 e. The van der Waals surface area contributed by atoms with Crippen LogP contribution in [0.4, 0.5) is 0 Å². The molecule has 1 aliphatic heterocycles. The summed E-state index contributed by atoms with van der Waals surface area (Å²) in [5, 5.41) is 9.09. The first-order valence-electron chi connectivity index (χ1n) is 8.63. The molecule has 0 saturated carbocycles. The lowest BCUT2D eigenvalue weighted by Gasteiger charge is -2.20. The molecule has 3 rings (SSSR count). The zero-order chi connectivity index (χ0) is 17.8. The van der Waals surface area contributed by atoms with E-state index in [4.69, 9.17) is 0 Å². The first-order chi connectivity index (χ1) is 12.0. The summed E-state index contributed by atoms with van der Waals surface area (Å²) in [7, 11) is 0. The average Bonchev–Trinajstić information content (AvgIpc) is 3.31. The van der Waals surface area contributed by atoms with Gasteiger partial charge in [-0.25, -0.2) is 0 Å². The number of hydrogen-bond acceptors (Lipinski definition) is 4. The number of thiophene rings is 1. The van der Waals surface area contributed by atoms with Crippen molar-refractivity contribution >= 4 is 23.2 Å². The Labute approximate surface area is 151 Å². The van der Waals surface area contributed by atoms with Crippen molar-refractivity contribution < 1.29 is 9.59 Å². The number of likely N-dealkylation sites (tertiary alicyclic amines) is 1. The number of amides is 2. The highest BCUT2D eigenvalue weighted by molar-refractivity contribution is 7.12. The van der Waals surface area contributed by atoms with Crippen LogP contribution in [0.1, 0.15) is 35.0 Å². The third-order valence-corrected chi connectivity index (χ3v) is 5.61. The van der Waals surface area contributed by atoms with Crippen LogP contribution in [-0.2, 0) is 11.3 Å². The Kier molecular flexibility index (Phi) is 5.53. The monoisotopic (exact) mass is 360 g/mol. The van der Waals surface area contributed by atoms with Crippen molar-refractivity contribution in [2.24, 2.45) is 5.92 Å². The Morgan fingerprint density at radius 3 is 2.96 bits per heavy atom. The van der Waals surface area contributed by atoms with Gasteiger partial charge in [0.1, 0.15) is 0 Å².